The van der Waals surface area contributed by atoms with E-state index in [0.29, 0.717) is 5.56 Å². The maximum atomic E-state index is 13.4. The molecule has 6 nitrogen and oxygen atoms in total. The molecule has 0 fully saturated rings. The second-order valence-corrected chi connectivity index (χ2v) is 11.3. The predicted molar refractivity (Wildman–Crippen MR) is 112 cm³/mol. The molecule has 31 heavy (non-hydrogen) atoms. The predicted octanol–water partition coefficient (Wildman–Crippen LogP) is 3.06. The number of carbonyl (C=O) groups is 1. The van der Waals surface area contributed by atoms with Gasteiger partial charge in [-0.2, -0.15) is 0 Å². The van der Waals surface area contributed by atoms with Crippen molar-refractivity contribution in [3.63, 3.8) is 0 Å². The van der Waals surface area contributed by atoms with Crippen LogP contribution in [0.1, 0.15) is 26.7 Å². The van der Waals surface area contributed by atoms with Gasteiger partial charge in [-0.3, -0.25) is 4.79 Å². The lowest BCUT2D eigenvalue weighted by Gasteiger charge is -2.15. The zero-order valence-corrected chi connectivity index (χ0v) is 17.8. The molecule has 1 amide bonds. The van der Waals surface area contributed by atoms with E-state index in [2.05, 4.69) is 5.32 Å². The Hall–Kier alpha value is -3.04. The van der Waals surface area contributed by atoms with Gasteiger partial charge >= 0.3 is 0 Å². The molecule has 1 aliphatic rings. The van der Waals surface area contributed by atoms with Crippen LogP contribution in [0.4, 0.5) is 4.39 Å². The third kappa shape index (κ3) is 3.98. The quantitative estimate of drug-likeness (QED) is 0.633. The molecule has 9 heteroatoms. The van der Waals surface area contributed by atoms with E-state index in [-0.39, 0.29) is 27.5 Å². The first-order chi connectivity index (χ1) is 14.7. The number of rotatable bonds is 5. The van der Waals surface area contributed by atoms with E-state index in [4.69, 9.17) is 0 Å². The third-order valence-electron chi connectivity index (χ3n) is 5.13. The standard InChI is InChI=1S/C22H18FNO5S2/c23-16-7-4-6-15(12-16)13-24-22(25)18-10-5-11-19-21(18)20(14-30(19,26)27)31(28,29)17-8-2-1-3-9-17/h1-12,20H,13-14H2,(H,24,25). The van der Waals surface area contributed by atoms with Gasteiger partial charge in [0.1, 0.15) is 11.1 Å². The summed E-state index contributed by atoms with van der Waals surface area (Å²) < 4.78 is 65.2. The molecule has 3 aromatic carbocycles. The van der Waals surface area contributed by atoms with Crippen molar-refractivity contribution >= 4 is 25.6 Å². The fourth-order valence-electron chi connectivity index (χ4n) is 3.66. The minimum Gasteiger partial charge on any atom is -0.348 e. The van der Waals surface area contributed by atoms with Crippen LogP contribution in [0.15, 0.2) is 82.6 Å². The van der Waals surface area contributed by atoms with Crippen LogP contribution in [0.2, 0.25) is 0 Å². The van der Waals surface area contributed by atoms with Crippen LogP contribution in [0.3, 0.4) is 0 Å². The average molecular weight is 460 g/mol. The molecule has 0 bridgehead atoms. The summed E-state index contributed by atoms with van der Waals surface area (Å²) >= 11 is 0. The number of benzene rings is 3. The Balaban J connectivity index is 1.74. The fourth-order valence-corrected chi connectivity index (χ4v) is 8.04. The molecule has 160 valence electrons. The molecule has 0 radical (unpaired) electrons. The highest BCUT2D eigenvalue weighted by Crippen LogP contribution is 2.42. The lowest BCUT2D eigenvalue weighted by molar-refractivity contribution is 0.0949. The Kier molecular flexibility index (Phi) is 5.40. The van der Waals surface area contributed by atoms with Gasteiger partial charge in [-0.1, -0.05) is 36.4 Å². The van der Waals surface area contributed by atoms with E-state index in [0.717, 1.165) is 0 Å². The van der Waals surface area contributed by atoms with Crippen LogP contribution < -0.4 is 5.32 Å². The van der Waals surface area contributed by atoms with Gasteiger partial charge in [0, 0.05) is 17.7 Å². The largest absolute Gasteiger partial charge is 0.348 e. The molecule has 1 N–H and O–H groups in total. The average Bonchev–Trinajstić information content (AvgIpc) is 3.04. The summed E-state index contributed by atoms with van der Waals surface area (Å²) in [7, 11) is -7.94. The summed E-state index contributed by atoms with van der Waals surface area (Å²) in [5, 5.41) is 1.22. The van der Waals surface area contributed by atoms with Gasteiger partial charge in [0.25, 0.3) is 5.91 Å². The molecule has 1 aliphatic heterocycles. The molecule has 0 aromatic heterocycles. The van der Waals surface area contributed by atoms with Gasteiger partial charge in [0.15, 0.2) is 19.7 Å². The topological polar surface area (TPSA) is 97.4 Å². The molecule has 1 atom stereocenters. The van der Waals surface area contributed by atoms with Crippen LogP contribution in [-0.2, 0) is 26.2 Å². The van der Waals surface area contributed by atoms with Gasteiger partial charge in [-0.05, 0) is 42.0 Å². The second kappa shape index (κ2) is 7.90. The Bertz CT molecular complexity index is 1370. The number of nitrogens with one attached hydrogen (secondary N) is 1. The highest BCUT2D eigenvalue weighted by atomic mass is 32.2. The first kappa shape index (κ1) is 21.2. The highest BCUT2D eigenvalue weighted by molar-refractivity contribution is 7.96. The summed E-state index contributed by atoms with van der Waals surface area (Å²) in [6.07, 6.45) is 0. The number of amides is 1. The maximum absolute atomic E-state index is 13.4. The first-order valence-corrected chi connectivity index (χ1v) is 12.6. The van der Waals surface area contributed by atoms with E-state index in [9.17, 15) is 26.0 Å². The van der Waals surface area contributed by atoms with Crippen molar-refractivity contribution < 1.29 is 26.0 Å². The van der Waals surface area contributed by atoms with Crippen LogP contribution in [0.25, 0.3) is 0 Å². The van der Waals surface area contributed by atoms with Crippen LogP contribution in [0.5, 0.6) is 0 Å². The van der Waals surface area contributed by atoms with Gasteiger partial charge in [0.2, 0.25) is 0 Å². The molecule has 1 unspecified atom stereocenters. The van der Waals surface area contributed by atoms with Gasteiger partial charge in [-0.25, -0.2) is 21.2 Å². The zero-order valence-electron chi connectivity index (χ0n) is 16.2. The minimum absolute atomic E-state index is 0.00309. The van der Waals surface area contributed by atoms with Crippen molar-refractivity contribution in [1.82, 2.24) is 5.32 Å². The monoisotopic (exact) mass is 459 g/mol. The Morgan fingerprint density at radius 3 is 2.42 bits per heavy atom. The van der Waals surface area contributed by atoms with Crippen molar-refractivity contribution in [2.24, 2.45) is 0 Å². The Morgan fingerprint density at radius 1 is 1.00 bits per heavy atom. The molecule has 3 aromatic rings. The molecule has 0 saturated heterocycles. The van der Waals surface area contributed by atoms with Crippen molar-refractivity contribution in [1.29, 1.82) is 0 Å². The zero-order chi connectivity index (χ0) is 22.2. The number of hydrogen-bond donors (Lipinski definition) is 1. The molecule has 0 aliphatic carbocycles. The second-order valence-electron chi connectivity index (χ2n) is 7.16. The fraction of sp³-hybridized carbons (Fsp3) is 0.136. The van der Waals surface area contributed by atoms with Crippen molar-refractivity contribution in [2.45, 2.75) is 21.6 Å². The number of carbonyl (C=O) groups excluding carboxylic acids is 1. The number of sulfone groups is 2. The minimum atomic E-state index is -4.06. The summed E-state index contributed by atoms with van der Waals surface area (Å²) in [6.45, 7) is 0.00309. The number of fused-ring (bicyclic) bond motifs is 1. The molecule has 4 rings (SSSR count). The summed E-state index contributed by atoms with van der Waals surface area (Å²) in [5.41, 5.74) is 0.463. The highest BCUT2D eigenvalue weighted by Gasteiger charge is 2.45. The Morgan fingerprint density at radius 2 is 1.71 bits per heavy atom. The van der Waals surface area contributed by atoms with Crippen molar-refractivity contribution in [3.8, 4) is 0 Å². The van der Waals surface area contributed by atoms with E-state index >= 15 is 0 Å². The molecule has 0 saturated carbocycles. The maximum Gasteiger partial charge on any atom is 0.251 e. The summed E-state index contributed by atoms with van der Waals surface area (Å²) in [4.78, 5) is 12.7. The van der Waals surface area contributed by atoms with Crippen LogP contribution in [0, 0.1) is 5.82 Å². The lowest BCUT2D eigenvalue weighted by atomic mass is 10.0. The summed E-state index contributed by atoms with van der Waals surface area (Å²) in [5.74, 6) is -1.72. The summed E-state index contributed by atoms with van der Waals surface area (Å²) in [6, 6.07) is 17.3. The van der Waals surface area contributed by atoms with Gasteiger partial charge in [0.05, 0.1) is 15.5 Å². The van der Waals surface area contributed by atoms with E-state index in [1.54, 1.807) is 24.3 Å². The SMILES string of the molecule is O=C(NCc1cccc(F)c1)c1cccc2c1C(S(=O)(=O)c1ccccc1)CS2(=O)=O. The Labute approximate surface area is 179 Å². The number of hydrogen-bond acceptors (Lipinski definition) is 5. The van der Waals surface area contributed by atoms with Crippen LogP contribution in [-0.4, -0.2) is 28.5 Å². The molecule has 0 spiro atoms. The van der Waals surface area contributed by atoms with Crippen molar-refractivity contribution in [3.05, 3.63) is 95.3 Å². The number of halogens is 1. The lowest BCUT2D eigenvalue weighted by Crippen LogP contribution is -2.25. The van der Waals surface area contributed by atoms with E-state index in [1.807, 2.05) is 0 Å². The van der Waals surface area contributed by atoms with Gasteiger partial charge < -0.3 is 5.32 Å². The van der Waals surface area contributed by atoms with E-state index in [1.165, 1.54) is 48.5 Å². The molecule has 1 heterocycles. The molecular weight excluding hydrogens is 441 g/mol. The smallest absolute Gasteiger partial charge is 0.251 e. The first-order valence-electron chi connectivity index (χ1n) is 9.37. The van der Waals surface area contributed by atoms with E-state index < -0.39 is 42.4 Å². The van der Waals surface area contributed by atoms with Crippen LogP contribution >= 0.6 is 0 Å². The molecular formula is C22H18FNO5S2. The van der Waals surface area contributed by atoms with Gasteiger partial charge in [-0.15, -0.1) is 0 Å². The third-order valence-corrected chi connectivity index (χ3v) is 9.22. The van der Waals surface area contributed by atoms with Crippen molar-refractivity contribution in [2.75, 3.05) is 5.75 Å². The normalized spacial score (nSPS) is 17.1.